The Kier molecular flexibility index (Phi) is 7.75. The molecule has 0 spiro atoms. The first-order valence-corrected chi connectivity index (χ1v) is 12.6. The predicted octanol–water partition coefficient (Wildman–Crippen LogP) is 6.87. The van der Waals surface area contributed by atoms with E-state index in [0.29, 0.717) is 21.4 Å². The first-order chi connectivity index (χ1) is 15.9. The van der Waals surface area contributed by atoms with Crippen molar-refractivity contribution in [2.75, 3.05) is 0 Å². The molecular weight excluding hydrogens is 543 g/mol. The highest BCUT2D eigenvalue weighted by atomic mass is 79.9. The average molecular weight is 562 g/mol. The second-order valence-corrected chi connectivity index (χ2v) is 10.00. The molecule has 0 aliphatic heterocycles. The zero-order valence-electron chi connectivity index (χ0n) is 17.6. The first-order valence-electron chi connectivity index (χ1n) is 10.0. The minimum Gasteiger partial charge on any atom is -0.345 e. The summed E-state index contributed by atoms with van der Waals surface area (Å²) in [5.74, 6) is 1.06. The van der Waals surface area contributed by atoms with Gasteiger partial charge in [-0.15, -0.1) is 10.2 Å². The third-order valence-corrected chi connectivity index (χ3v) is 6.90. The molecule has 0 fully saturated rings. The molecule has 1 N–H and O–H groups in total. The van der Waals surface area contributed by atoms with Crippen LogP contribution in [0.4, 0.5) is 0 Å². The van der Waals surface area contributed by atoms with Gasteiger partial charge in [0, 0.05) is 20.9 Å². The summed E-state index contributed by atoms with van der Waals surface area (Å²) in [6, 6.07) is 21.0. The van der Waals surface area contributed by atoms with Gasteiger partial charge in [0.1, 0.15) is 0 Å². The topological polar surface area (TPSA) is 59.8 Å². The van der Waals surface area contributed by atoms with Gasteiger partial charge in [-0.3, -0.25) is 9.36 Å². The molecule has 0 bridgehead atoms. The number of benzene rings is 3. The monoisotopic (exact) mass is 560 g/mol. The van der Waals surface area contributed by atoms with Gasteiger partial charge in [0.25, 0.3) is 5.91 Å². The average Bonchev–Trinajstić information content (AvgIpc) is 3.20. The van der Waals surface area contributed by atoms with Crippen LogP contribution in [0.1, 0.15) is 27.3 Å². The zero-order chi connectivity index (χ0) is 23.4. The Morgan fingerprint density at radius 2 is 1.85 bits per heavy atom. The van der Waals surface area contributed by atoms with E-state index in [1.807, 2.05) is 41.8 Å². The number of aryl methyl sites for hydroxylation is 1. The fourth-order valence-corrected chi connectivity index (χ4v) is 4.88. The van der Waals surface area contributed by atoms with Crippen molar-refractivity contribution < 1.29 is 4.79 Å². The van der Waals surface area contributed by atoms with Gasteiger partial charge in [-0.05, 0) is 60.5 Å². The highest BCUT2D eigenvalue weighted by molar-refractivity contribution is 9.10. The van der Waals surface area contributed by atoms with E-state index in [1.54, 1.807) is 30.0 Å². The van der Waals surface area contributed by atoms with Gasteiger partial charge in [-0.1, -0.05) is 75.2 Å². The Hall–Kier alpha value is -2.32. The normalized spacial score (nSPS) is 10.9. The number of rotatable bonds is 7. The molecule has 0 unspecified atom stereocenters. The molecule has 33 heavy (non-hydrogen) atoms. The number of nitrogens with zero attached hydrogens (tertiary/aromatic N) is 3. The van der Waals surface area contributed by atoms with Crippen LogP contribution in [0.5, 0.6) is 0 Å². The maximum absolute atomic E-state index is 12.7. The number of hydrogen-bond donors (Lipinski definition) is 1. The second kappa shape index (κ2) is 10.7. The summed E-state index contributed by atoms with van der Waals surface area (Å²) in [5.41, 5.74) is 3.59. The highest BCUT2D eigenvalue weighted by Crippen LogP contribution is 2.27. The fraction of sp³-hybridized carbons (Fsp3) is 0.125. The molecule has 168 valence electrons. The third kappa shape index (κ3) is 5.98. The summed E-state index contributed by atoms with van der Waals surface area (Å²) in [6.45, 7) is 2.23. The quantitative estimate of drug-likeness (QED) is 0.250. The molecule has 9 heteroatoms. The minimum atomic E-state index is -0.306. The van der Waals surface area contributed by atoms with Crippen LogP contribution in [0, 0.1) is 6.92 Å². The summed E-state index contributed by atoms with van der Waals surface area (Å²) >= 11 is 17.2. The van der Waals surface area contributed by atoms with E-state index < -0.39 is 0 Å². The number of thioether (sulfide) groups is 1. The Bertz CT molecular complexity index is 1290. The lowest BCUT2D eigenvalue weighted by Gasteiger charge is -2.12. The number of carbonyl (C=O) groups is 1. The molecule has 3 aromatic carbocycles. The zero-order valence-corrected chi connectivity index (χ0v) is 21.5. The number of amides is 1. The van der Waals surface area contributed by atoms with Gasteiger partial charge in [0.05, 0.1) is 17.1 Å². The number of carbonyl (C=O) groups excluding carboxylic acids is 1. The Morgan fingerprint density at radius 1 is 1.06 bits per heavy atom. The Labute approximate surface area is 214 Å². The van der Waals surface area contributed by atoms with Crippen molar-refractivity contribution in [1.82, 2.24) is 20.1 Å². The first kappa shape index (κ1) is 23.8. The number of hydrogen-bond acceptors (Lipinski definition) is 4. The standard InChI is InChI=1S/C24H19BrCl2N4OS/c1-15-3-2-4-19(11-15)31-22(13-28-23(32)20-10-9-18(26)12-21(20)27)29-30-24(31)33-14-16-5-7-17(25)8-6-16/h2-12H,13-14H2,1H3,(H,28,32). The van der Waals surface area contributed by atoms with E-state index in [1.165, 1.54) is 5.56 Å². The molecule has 1 heterocycles. The molecule has 1 amide bonds. The largest absolute Gasteiger partial charge is 0.345 e. The third-order valence-electron chi connectivity index (χ3n) is 4.82. The SMILES string of the molecule is Cc1cccc(-n2c(CNC(=O)c3ccc(Cl)cc3Cl)nnc2SCc2ccc(Br)cc2)c1. The smallest absolute Gasteiger partial charge is 0.253 e. The van der Waals surface area contributed by atoms with Crippen LogP contribution in [0.15, 0.2) is 76.4 Å². The van der Waals surface area contributed by atoms with Crippen LogP contribution >= 0.6 is 50.9 Å². The van der Waals surface area contributed by atoms with Crippen molar-refractivity contribution in [3.8, 4) is 5.69 Å². The van der Waals surface area contributed by atoms with Crippen molar-refractivity contribution >= 4 is 56.8 Å². The molecule has 0 aliphatic rings. The van der Waals surface area contributed by atoms with Gasteiger partial charge in [0.15, 0.2) is 11.0 Å². The van der Waals surface area contributed by atoms with Crippen molar-refractivity contribution in [2.24, 2.45) is 0 Å². The molecule has 0 atom stereocenters. The lowest BCUT2D eigenvalue weighted by Crippen LogP contribution is -2.25. The summed E-state index contributed by atoms with van der Waals surface area (Å²) in [5, 5.41) is 13.2. The van der Waals surface area contributed by atoms with Crippen LogP contribution in [0.25, 0.3) is 5.69 Å². The maximum atomic E-state index is 12.7. The van der Waals surface area contributed by atoms with Crippen molar-refractivity contribution in [3.05, 3.63) is 104 Å². The molecular formula is C24H19BrCl2N4OS. The van der Waals surface area contributed by atoms with E-state index >= 15 is 0 Å². The number of aromatic nitrogens is 3. The summed E-state index contributed by atoms with van der Waals surface area (Å²) in [7, 11) is 0. The molecule has 1 aromatic heterocycles. The Morgan fingerprint density at radius 3 is 2.58 bits per heavy atom. The molecule has 4 aromatic rings. The molecule has 5 nitrogen and oxygen atoms in total. The summed E-state index contributed by atoms with van der Waals surface area (Å²) < 4.78 is 3.01. The maximum Gasteiger partial charge on any atom is 0.253 e. The van der Waals surface area contributed by atoms with Gasteiger partial charge < -0.3 is 5.32 Å². The van der Waals surface area contributed by atoms with Crippen LogP contribution in [-0.4, -0.2) is 20.7 Å². The minimum absolute atomic E-state index is 0.192. The van der Waals surface area contributed by atoms with Gasteiger partial charge in [-0.2, -0.15) is 0 Å². The van der Waals surface area contributed by atoms with Crippen molar-refractivity contribution in [1.29, 1.82) is 0 Å². The summed E-state index contributed by atoms with van der Waals surface area (Å²) in [6.07, 6.45) is 0. The lowest BCUT2D eigenvalue weighted by molar-refractivity contribution is 0.0950. The molecule has 4 rings (SSSR count). The lowest BCUT2D eigenvalue weighted by atomic mass is 10.2. The fourth-order valence-electron chi connectivity index (χ4n) is 3.19. The molecule has 0 saturated heterocycles. The van der Waals surface area contributed by atoms with Gasteiger partial charge in [0.2, 0.25) is 0 Å². The van der Waals surface area contributed by atoms with Crippen molar-refractivity contribution in [2.45, 2.75) is 24.4 Å². The van der Waals surface area contributed by atoms with E-state index in [2.05, 4.69) is 49.6 Å². The summed E-state index contributed by atoms with van der Waals surface area (Å²) in [4.78, 5) is 12.7. The van der Waals surface area contributed by atoms with E-state index in [9.17, 15) is 4.79 Å². The van der Waals surface area contributed by atoms with Crippen LogP contribution < -0.4 is 5.32 Å². The van der Waals surface area contributed by atoms with Crippen LogP contribution in [0.2, 0.25) is 10.0 Å². The van der Waals surface area contributed by atoms with Gasteiger partial charge >= 0.3 is 0 Å². The number of halogens is 3. The molecule has 0 saturated carbocycles. The van der Waals surface area contributed by atoms with Crippen molar-refractivity contribution in [3.63, 3.8) is 0 Å². The molecule has 0 aliphatic carbocycles. The predicted molar refractivity (Wildman–Crippen MR) is 137 cm³/mol. The van der Waals surface area contributed by atoms with Gasteiger partial charge in [-0.25, -0.2) is 0 Å². The highest BCUT2D eigenvalue weighted by Gasteiger charge is 2.17. The van der Waals surface area contributed by atoms with E-state index in [4.69, 9.17) is 23.2 Å². The molecule has 0 radical (unpaired) electrons. The second-order valence-electron chi connectivity index (χ2n) is 7.30. The Balaban J connectivity index is 1.58. The number of nitrogens with one attached hydrogen (secondary N) is 1. The van der Waals surface area contributed by atoms with E-state index in [-0.39, 0.29) is 12.5 Å². The van der Waals surface area contributed by atoms with E-state index in [0.717, 1.165) is 26.6 Å². The van der Waals surface area contributed by atoms with Crippen LogP contribution in [-0.2, 0) is 12.3 Å². The van der Waals surface area contributed by atoms with Crippen LogP contribution in [0.3, 0.4) is 0 Å².